The molecule has 1 atom stereocenters. The molecule has 0 unspecified atom stereocenters. The summed E-state index contributed by atoms with van der Waals surface area (Å²) in [6.07, 6.45) is 7.85. The zero-order chi connectivity index (χ0) is 11.4. The van der Waals surface area contributed by atoms with Gasteiger partial charge in [0.15, 0.2) is 0 Å². The van der Waals surface area contributed by atoms with E-state index in [2.05, 4.69) is 27.7 Å². The average Bonchev–Trinajstić information content (AvgIpc) is 2.89. The van der Waals surface area contributed by atoms with E-state index in [9.17, 15) is 4.79 Å². The molecule has 0 saturated heterocycles. The van der Waals surface area contributed by atoms with Crippen LogP contribution in [0.15, 0.2) is 12.2 Å². The molecule has 0 saturated carbocycles. The lowest BCUT2D eigenvalue weighted by molar-refractivity contribution is -0.116. The normalized spacial score (nSPS) is 18.9. The van der Waals surface area contributed by atoms with Crippen LogP contribution in [0.1, 0.15) is 31.2 Å². The van der Waals surface area contributed by atoms with Crippen molar-refractivity contribution in [2.45, 2.75) is 32.6 Å². The first-order valence-corrected chi connectivity index (χ1v) is 6.38. The topological polar surface area (TPSA) is 54.9 Å². The number of carbonyl (C=O) groups is 1. The molecular weight excluding hydrogens is 222 g/mol. The van der Waals surface area contributed by atoms with Crippen LogP contribution < -0.4 is 5.32 Å². The third-order valence-electron chi connectivity index (χ3n) is 2.58. The lowest BCUT2D eigenvalue weighted by atomic mass is 10.1. The molecule has 0 aromatic carbocycles. The Labute approximate surface area is 98.8 Å². The van der Waals surface area contributed by atoms with Crippen LogP contribution in [0.3, 0.4) is 0 Å². The Kier molecular flexibility index (Phi) is 3.66. The number of rotatable bonds is 4. The van der Waals surface area contributed by atoms with Crippen molar-refractivity contribution >= 4 is 22.4 Å². The van der Waals surface area contributed by atoms with Crippen LogP contribution in [0, 0.1) is 5.92 Å². The molecule has 0 radical (unpaired) electrons. The molecule has 0 spiro atoms. The number of carbonyl (C=O) groups excluding carboxylic acids is 1. The molecule has 0 aliphatic heterocycles. The van der Waals surface area contributed by atoms with Crippen molar-refractivity contribution in [2.75, 3.05) is 5.32 Å². The summed E-state index contributed by atoms with van der Waals surface area (Å²) in [6, 6.07) is 0. The summed E-state index contributed by atoms with van der Waals surface area (Å²) in [5.74, 6) is 0.439. The summed E-state index contributed by atoms with van der Waals surface area (Å²) >= 11 is 1.45. The predicted molar refractivity (Wildman–Crippen MR) is 64.4 cm³/mol. The zero-order valence-corrected chi connectivity index (χ0v) is 10.1. The van der Waals surface area contributed by atoms with Crippen molar-refractivity contribution in [3.63, 3.8) is 0 Å². The van der Waals surface area contributed by atoms with Crippen LogP contribution in [-0.2, 0) is 11.2 Å². The molecule has 16 heavy (non-hydrogen) atoms. The Balaban J connectivity index is 1.84. The fourth-order valence-corrected chi connectivity index (χ4v) is 2.42. The SMILES string of the molecule is CCc1nnc(NC(=O)C[C@@H]2C=CCC2)s1. The van der Waals surface area contributed by atoms with E-state index in [0.717, 1.165) is 24.3 Å². The summed E-state index contributed by atoms with van der Waals surface area (Å²) in [5, 5.41) is 12.2. The van der Waals surface area contributed by atoms with Gasteiger partial charge in [0, 0.05) is 6.42 Å². The molecule has 4 nitrogen and oxygen atoms in total. The maximum Gasteiger partial charge on any atom is 0.226 e. The molecule has 5 heteroatoms. The Morgan fingerprint density at radius 3 is 3.12 bits per heavy atom. The van der Waals surface area contributed by atoms with Crippen molar-refractivity contribution in [2.24, 2.45) is 5.92 Å². The predicted octanol–water partition coefficient (Wildman–Crippen LogP) is 2.40. The van der Waals surface area contributed by atoms with E-state index in [0.29, 0.717) is 17.5 Å². The second kappa shape index (κ2) is 5.21. The molecule has 0 bridgehead atoms. The number of amides is 1. The average molecular weight is 237 g/mol. The maximum atomic E-state index is 11.7. The quantitative estimate of drug-likeness (QED) is 0.818. The third kappa shape index (κ3) is 2.88. The monoisotopic (exact) mass is 237 g/mol. The summed E-state index contributed by atoms with van der Waals surface area (Å²) in [4.78, 5) is 11.7. The lowest BCUT2D eigenvalue weighted by Gasteiger charge is -2.05. The molecule has 2 rings (SSSR count). The van der Waals surface area contributed by atoms with Gasteiger partial charge in [-0.3, -0.25) is 4.79 Å². The van der Waals surface area contributed by atoms with Crippen LogP contribution in [-0.4, -0.2) is 16.1 Å². The minimum Gasteiger partial charge on any atom is -0.301 e. The van der Waals surface area contributed by atoms with Gasteiger partial charge < -0.3 is 5.32 Å². The summed E-state index contributed by atoms with van der Waals surface area (Å²) in [6.45, 7) is 2.02. The van der Waals surface area contributed by atoms with Gasteiger partial charge in [0.25, 0.3) is 0 Å². The highest BCUT2D eigenvalue weighted by atomic mass is 32.1. The molecule has 1 N–H and O–H groups in total. The highest BCUT2D eigenvalue weighted by molar-refractivity contribution is 7.15. The molecule has 0 fully saturated rings. The van der Waals surface area contributed by atoms with Gasteiger partial charge >= 0.3 is 0 Å². The van der Waals surface area contributed by atoms with Crippen molar-refractivity contribution in [1.29, 1.82) is 0 Å². The number of anilines is 1. The van der Waals surface area contributed by atoms with Gasteiger partial charge in [-0.05, 0) is 25.2 Å². The Morgan fingerprint density at radius 2 is 2.50 bits per heavy atom. The smallest absolute Gasteiger partial charge is 0.226 e. The van der Waals surface area contributed by atoms with Crippen LogP contribution in [0.5, 0.6) is 0 Å². The molecule has 86 valence electrons. The van der Waals surface area contributed by atoms with E-state index < -0.39 is 0 Å². The van der Waals surface area contributed by atoms with Gasteiger partial charge in [0.05, 0.1) is 0 Å². The van der Waals surface area contributed by atoms with Gasteiger partial charge in [-0.15, -0.1) is 10.2 Å². The summed E-state index contributed by atoms with van der Waals surface area (Å²) < 4.78 is 0. The first kappa shape index (κ1) is 11.3. The van der Waals surface area contributed by atoms with Gasteiger partial charge in [0.1, 0.15) is 5.01 Å². The number of nitrogens with one attached hydrogen (secondary N) is 1. The van der Waals surface area contributed by atoms with E-state index in [1.807, 2.05) is 6.92 Å². The Morgan fingerprint density at radius 1 is 1.62 bits per heavy atom. The highest BCUT2D eigenvalue weighted by Crippen LogP contribution is 2.21. The number of allylic oxidation sites excluding steroid dienone is 2. The highest BCUT2D eigenvalue weighted by Gasteiger charge is 2.15. The summed E-state index contributed by atoms with van der Waals surface area (Å²) in [5.41, 5.74) is 0. The van der Waals surface area contributed by atoms with Crippen LogP contribution in [0.4, 0.5) is 5.13 Å². The zero-order valence-electron chi connectivity index (χ0n) is 9.27. The maximum absolute atomic E-state index is 11.7. The van der Waals surface area contributed by atoms with Gasteiger partial charge in [-0.2, -0.15) is 0 Å². The second-order valence-corrected chi connectivity index (χ2v) is 4.93. The third-order valence-corrected chi connectivity index (χ3v) is 3.56. The standard InChI is InChI=1S/C11H15N3OS/c1-2-10-13-14-11(16-10)12-9(15)7-8-5-3-4-6-8/h3,5,8H,2,4,6-7H2,1H3,(H,12,14,15)/t8-/m1/s1. The van der Waals surface area contributed by atoms with Crippen molar-refractivity contribution in [3.8, 4) is 0 Å². The number of nitrogens with zero attached hydrogens (tertiary/aromatic N) is 2. The molecular formula is C11H15N3OS. The number of aryl methyl sites for hydroxylation is 1. The van der Waals surface area contributed by atoms with Gasteiger partial charge in [0.2, 0.25) is 11.0 Å². The first-order valence-electron chi connectivity index (χ1n) is 5.57. The Hall–Kier alpha value is -1.23. The van der Waals surface area contributed by atoms with Crippen LogP contribution >= 0.6 is 11.3 Å². The number of aromatic nitrogens is 2. The fourth-order valence-electron chi connectivity index (χ4n) is 1.72. The lowest BCUT2D eigenvalue weighted by Crippen LogP contribution is -2.14. The van der Waals surface area contributed by atoms with Gasteiger partial charge in [-0.1, -0.05) is 30.4 Å². The van der Waals surface area contributed by atoms with Crippen molar-refractivity contribution in [1.82, 2.24) is 10.2 Å². The minimum absolute atomic E-state index is 0.0374. The molecule has 1 amide bonds. The first-order chi connectivity index (χ1) is 7.78. The van der Waals surface area contributed by atoms with Gasteiger partial charge in [-0.25, -0.2) is 0 Å². The molecule has 1 aromatic rings. The molecule has 1 aliphatic carbocycles. The second-order valence-electron chi connectivity index (χ2n) is 3.87. The van der Waals surface area contributed by atoms with E-state index in [1.165, 1.54) is 11.3 Å². The van der Waals surface area contributed by atoms with E-state index in [-0.39, 0.29) is 5.91 Å². The number of hydrogen-bond donors (Lipinski definition) is 1. The summed E-state index contributed by atoms with van der Waals surface area (Å²) in [7, 11) is 0. The largest absolute Gasteiger partial charge is 0.301 e. The molecule has 1 heterocycles. The minimum atomic E-state index is 0.0374. The van der Waals surface area contributed by atoms with Crippen molar-refractivity contribution < 1.29 is 4.79 Å². The van der Waals surface area contributed by atoms with Crippen LogP contribution in [0.2, 0.25) is 0 Å². The molecule has 1 aliphatic rings. The van der Waals surface area contributed by atoms with Crippen LogP contribution in [0.25, 0.3) is 0 Å². The van der Waals surface area contributed by atoms with Crippen molar-refractivity contribution in [3.05, 3.63) is 17.2 Å². The fraction of sp³-hybridized carbons (Fsp3) is 0.545. The Bertz CT molecular complexity index is 400. The van der Waals surface area contributed by atoms with E-state index in [4.69, 9.17) is 0 Å². The van der Waals surface area contributed by atoms with E-state index in [1.54, 1.807) is 0 Å². The number of hydrogen-bond acceptors (Lipinski definition) is 4. The molecule has 1 aromatic heterocycles. The van der Waals surface area contributed by atoms with E-state index >= 15 is 0 Å².